The highest BCUT2D eigenvalue weighted by molar-refractivity contribution is 7.15. The lowest BCUT2D eigenvalue weighted by Gasteiger charge is -2.37. The molecule has 0 unspecified atom stereocenters. The monoisotopic (exact) mass is 587 g/mol. The van der Waals surface area contributed by atoms with Crippen LogP contribution < -0.4 is 5.32 Å². The van der Waals surface area contributed by atoms with Crippen molar-refractivity contribution in [1.29, 1.82) is 0 Å². The van der Waals surface area contributed by atoms with Crippen molar-refractivity contribution in [1.82, 2.24) is 19.9 Å². The van der Waals surface area contributed by atoms with Crippen molar-refractivity contribution in [2.75, 3.05) is 31.6 Å². The number of carbonyl (C=O) groups is 2. The van der Waals surface area contributed by atoms with Gasteiger partial charge in [0.15, 0.2) is 5.82 Å². The quantitative estimate of drug-likeness (QED) is 0.225. The molecule has 1 aliphatic rings. The molecule has 0 radical (unpaired) electrons. The summed E-state index contributed by atoms with van der Waals surface area (Å²) < 4.78 is 26.1. The SMILES string of the molecule is C=CCOC(=O)Nc1cccc(-c2nc(C3(C)CCN(C(=O)OCC(C)C)CC3)sc2-c2ccnc(Cl)n2)c1F. The molecule has 0 aliphatic carbocycles. The minimum atomic E-state index is -0.802. The van der Waals surface area contributed by atoms with Gasteiger partial charge in [0.1, 0.15) is 6.61 Å². The summed E-state index contributed by atoms with van der Waals surface area (Å²) in [5.41, 5.74) is 0.638. The Hall–Kier alpha value is -3.57. The summed E-state index contributed by atoms with van der Waals surface area (Å²) >= 11 is 7.49. The number of amides is 2. The van der Waals surface area contributed by atoms with Crippen LogP contribution in [-0.4, -0.2) is 58.3 Å². The molecule has 1 fully saturated rings. The van der Waals surface area contributed by atoms with Crippen molar-refractivity contribution in [3.8, 4) is 21.8 Å². The Kier molecular flexibility index (Phi) is 9.36. The van der Waals surface area contributed by atoms with Gasteiger partial charge in [-0.05, 0) is 48.6 Å². The van der Waals surface area contributed by atoms with Crippen molar-refractivity contribution in [2.24, 2.45) is 5.92 Å². The van der Waals surface area contributed by atoms with E-state index >= 15 is 4.39 Å². The van der Waals surface area contributed by atoms with E-state index in [4.69, 9.17) is 26.1 Å². The molecule has 1 aromatic carbocycles. The Labute approximate surface area is 241 Å². The van der Waals surface area contributed by atoms with E-state index in [9.17, 15) is 9.59 Å². The van der Waals surface area contributed by atoms with Gasteiger partial charge < -0.3 is 14.4 Å². The largest absolute Gasteiger partial charge is 0.449 e. The number of aromatic nitrogens is 3. The smallest absolute Gasteiger partial charge is 0.412 e. The number of anilines is 1. The molecule has 3 aromatic rings. The molecule has 40 heavy (non-hydrogen) atoms. The van der Waals surface area contributed by atoms with Gasteiger partial charge in [-0.3, -0.25) is 5.32 Å². The van der Waals surface area contributed by atoms with Crippen LogP contribution in [0.3, 0.4) is 0 Å². The van der Waals surface area contributed by atoms with E-state index in [2.05, 4.69) is 28.8 Å². The van der Waals surface area contributed by atoms with E-state index < -0.39 is 11.9 Å². The third-order valence-corrected chi connectivity index (χ3v) is 8.06. The lowest BCUT2D eigenvalue weighted by atomic mass is 9.81. The number of nitrogens with one attached hydrogen (secondary N) is 1. The second-order valence-electron chi connectivity index (χ2n) is 10.1. The highest BCUT2D eigenvalue weighted by Gasteiger charge is 2.38. The number of carbonyl (C=O) groups excluding carboxylic acids is 2. The number of nitrogens with zero attached hydrogens (tertiary/aromatic N) is 4. The van der Waals surface area contributed by atoms with Crippen LogP contribution in [0.25, 0.3) is 21.8 Å². The third-order valence-electron chi connectivity index (χ3n) is 6.49. The van der Waals surface area contributed by atoms with E-state index in [-0.39, 0.29) is 40.6 Å². The first-order chi connectivity index (χ1) is 19.1. The molecule has 4 rings (SSSR count). The average Bonchev–Trinajstić information content (AvgIpc) is 3.38. The lowest BCUT2D eigenvalue weighted by Crippen LogP contribution is -2.44. The molecular formula is C28H31ClFN5O4S. The fourth-order valence-corrected chi connectivity index (χ4v) is 5.61. The van der Waals surface area contributed by atoms with Gasteiger partial charge in [-0.15, -0.1) is 11.3 Å². The molecule has 2 aromatic heterocycles. The van der Waals surface area contributed by atoms with E-state index in [1.165, 1.54) is 29.7 Å². The maximum absolute atomic E-state index is 15.8. The number of rotatable bonds is 8. The average molecular weight is 588 g/mol. The third kappa shape index (κ3) is 6.76. The highest BCUT2D eigenvalue weighted by atomic mass is 35.5. The first-order valence-electron chi connectivity index (χ1n) is 12.9. The van der Waals surface area contributed by atoms with Crippen molar-refractivity contribution in [3.05, 3.63) is 59.2 Å². The van der Waals surface area contributed by atoms with Crippen LogP contribution in [0.2, 0.25) is 5.28 Å². The summed E-state index contributed by atoms with van der Waals surface area (Å²) in [7, 11) is 0. The van der Waals surface area contributed by atoms with Crippen molar-refractivity contribution < 1.29 is 23.5 Å². The first-order valence-corrected chi connectivity index (χ1v) is 14.1. The molecule has 0 saturated carbocycles. The first kappa shape index (κ1) is 29.4. The lowest BCUT2D eigenvalue weighted by molar-refractivity contribution is 0.0762. The van der Waals surface area contributed by atoms with Gasteiger partial charge in [-0.2, -0.15) is 0 Å². The molecule has 1 saturated heterocycles. The van der Waals surface area contributed by atoms with Crippen molar-refractivity contribution in [2.45, 2.75) is 39.0 Å². The van der Waals surface area contributed by atoms with Crippen molar-refractivity contribution in [3.63, 3.8) is 0 Å². The van der Waals surface area contributed by atoms with Crippen LogP contribution in [0, 0.1) is 11.7 Å². The Bertz CT molecular complexity index is 1390. The summed E-state index contributed by atoms with van der Waals surface area (Å²) in [4.78, 5) is 40.1. The molecule has 0 bridgehead atoms. The van der Waals surface area contributed by atoms with E-state index in [1.807, 2.05) is 13.8 Å². The fourth-order valence-electron chi connectivity index (χ4n) is 4.21. The van der Waals surface area contributed by atoms with E-state index in [1.54, 1.807) is 23.1 Å². The number of piperidine rings is 1. The number of halogens is 2. The van der Waals surface area contributed by atoms with Gasteiger partial charge in [-0.25, -0.2) is 28.9 Å². The number of ether oxygens (including phenoxy) is 2. The van der Waals surface area contributed by atoms with Gasteiger partial charge in [-0.1, -0.05) is 39.5 Å². The van der Waals surface area contributed by atoms with Crippen molar-refractivity contribution >= 4 is 40.8 Å². The number of likely N-dealkylation sites (tertiary alicyclic amines) is 1. The Balaban J connectivity index is 1.67. The number of hydrogen-bond acceptors (Lipinski definition) is 8. The molecule has 12 heteroatoms. The zero-order valence-electron chi connectivity index (χ0n) is 22.6. The van der Waals surface area contributed by atoms with Gasteiger partial charge >= 0.3 is 12.2 Å². The normalized spacial score (nSPS) is 14.6. The maximum Gasteiger partial charge on any atom is 0.412 e. The van der Waals surface area contributed by atoms with Gasteiger partial charge in [0.05, 0.1) is 33.6 Å². The topological polar surface area (TPSA) is 107 Å². The predicted molar refractivity (Wildman–Crippen MR) is 153 cm³/mol. The van der Waals surface area contributed by atoms with E-state index in [0.717, 1.165) is 5.01 Å². The van der Waals surface area contributed by atoms with Crippen LogP contribution in [-0.2, 0) is 14.9 Å². The zero-order valence-corrected chi connectivity index (χ0v) is 24.1. The fraction of sp³-hybridized carbons (Fsp3) is 0.393. The van der Waals surface area contributed by atoms with Gasteiger partial charge in [0, 0.05) is 30.3 Å². The number of benzene rings is 1. The molecule has 1 N–H and O–H groups in total. The maximum atomic E-state index is 15.8. The van der Waals surface area contributed by atoms with Gasteiger partial charge in [0.25, 0.3) is 0 Å². The number of thiazole rings is 1. The Morgan fingerprint density at radius 3 is 2.67 bits per heavy atom. The molecule has 3 heterocycles. The second kappa shape index (κ2) is 12.7. The van der Waals surface area contributed by atoms with E-state index in [0.29, 0.717) is 48.8 Å². The second-order valence-corrected chi connectivity index (χ2v) is 11.4. The van der Waals surface area contributed by atoms with Crippen LogP contribution in [0.1, 0.15) is 38.6 Å². The van der Waals surface area contributed by atoms with Crippen LogP contribution in [0.15, 0.2) is 43.1 Å². The van der Waals surface area contributed by atoms with Crippen LogP contribution in [0.4, 0.5) is 19.7 Å². The Morgan fingerprint density at radius 1 is 1.25 bits per heavy atom. The van der Waals surface area contributed by atoms with Gasteiger partial charge in [0.2, 0.25) is 5.28 Å². The minimum absolute atomic E-state index is 0.00727. The standard InChI is InChI=1S/C28H31ClFN5O4S/c1-5-15-38-26(36)33-19-8-6-7-18(21(19)30)22-23(20-9-12-31-25(29)32-20)40-24(34-22)28(4)10-13-35(14-11-28)27(37)39-16-17(2)3/h5-9,12,17H,1,10-11,13-16H2,2-4H3,(H,33,36). The summed E-state index contributed by atoms with van der Waals surface area (Å²) in [6, 6.07) is 6.35. The van der Waals surface area contributed by atoms with Crippen LogP contribution in [0.5, 0.6) is 0 Å². The minimum Gasteiger partial charge on any atom is -0.449 e. The predicted octanol–water partition coefficient (Wildman–Crippen LogP) is 6.94. The molecular weight excluding hydrogens is 557 g/mol. The number of hydrogen-bond donors (Lipinski definition) is 1. The Morgan fingerprint density at radius 2 is 2.00 bits per heavy atom. The van der Waals surface area contributed by atoms with Crippen LogP contribution >= 0.6 is 22.9 Å². The molecule has 9 nitrogen and oxygen atoms in total. The zero-order chi connectivity index (χ0) is 28.9. The molecule has 1 aliphatic heterocycles. The molecule has 0 spiro atoms. The summed E-state index contributed by atoms with van der Waals surface area (Å²) in [6.45, 7) is 11.0. The summed E-state index contributed by atoms with van der Waals surface area (Å²) in [5.74, 6) is -0.405. The molecule has 212 valence electrons. The molecule has 0 atom stereocenters. The summed E-state index contributed by atoms with van der Waals surface area (Å²) in [6.07, 6.45) is 3.14. The summed E-state index contributed by atoms with van der Waals surface area (Å²) in [5, 5.41) is 3.27. The highest BCUT2D eigenvalue weighted by Crippen LogP contribution is 2.45. The molecule has 2 amide bonds.